The van der Waals surface area contributed by atoms with Crippen LogP contribution in [0.3, 0.4) is 0 Å². The van der Waals surface area contributed by atoms with Crippen LogP contribution < -0.4 is 5.32 Å². The van der Waals surface area contributed by atoms with Crippen molar-refractivity contribution in [3.05, 3.63) is 0 Å². The fourth-order valence-electron chi connectivity index (χ4n) is 1.41. The Morgan fingerprint density at radius 2 is 2.06 bits per heavy atom. The lowest BCUT2D eigenvalue weighted by Crippen LogP contribution is -2.34. The van der Waals surface area contributed by atoms with Crippen molar-refractivity contribution in [3.63, 3.8) is 0 Å². The molecule has 4 heteroatoms. The molecule has 1 amide bonds. The van der Waals surface area contributed by atoms with Crippen LogP contribution in [0.5, 0.6) is 0 Å². The summed E-state index contributed by atoms with van der Waals surface area (Å²) in [4.78, 5) is 11.4. The SMILES string of the molecule is CC(O)CCC(=O)NCC(C)(C)CCCO. The van der Waals surface area contributed by atoms with Crippen LogP contribution in [-0.4, -0.2) is 35.4 Å². The maximum absolute atomic E-state index is 11.4. The molecule has 3 N–H and O–H groups in total. The second-order valence-electron chi connectivity index (χ2n) is 5.16. The average molecular weight is 231 g/mol. The summed E-state index contributed by atoms with van der Waals surface area (Å²) in [5.41, 5.74) is 0.0171. The molecule has 0 aromatic carbocycles. The third-order valence-corrected chi connectivity index (χ3v) is 2.56. The molecule has 0 aromatic heterocycles. The summed E-state index contributed by atoms with van der Waals surface area (Å²) in [7, 11) is 0. The van der Waals surface area contributed by atoms with Crippen molar-refractivity contribution in [2.24, 2.45) is 5.41 Å². The summed E-state index contributed by atoms with van der Waals surface area (Å²) in [6, 6.07) is 0. The number of rotatable bonds is 8. The molecule has 1 atom stereocenters. The Hall–Kier alpha value is -0.610. The molecule has 0 heterocycles. The topological polar surface area (TPSA) is 69.6 Å². The van der Waals surface area contributed by atoms with Gasteiger partial charge in [-0.05, 0) is 31.6 Å². The van der Waals surface area contributed by atoms with Gasteiger partial charge in [-0.2, -0.15) is 0 Å². The standard InChI is InChI=1S/C12H25NO3/c1-10(15)5-6-11(16)13-9-12(2,3)7-4-8-14/h10,14-15H,4-9H2,1-3H3,(H,13,16). The van der Waals surface area contributed by atoms with E-state index < -0.39 is 6.10 Å². The van der Waals surface area contributed by atoms with Crippen LogP contribution in [0.15, 0.2) is 0 Å². The van der Waals surface area contributed by atoms with Crippen LogP contribution in [0.25, 0.3) is 0 Å². The van der Waals surface area contributed by atoms with Gasteiger partial charge in [0.2, 0.25) is 5.91 Å². The number of hydrogen-bond donors (Lipinski definition) is 3. The average Bonchev–Trinajstić information content (AvgIpc) is 2.21. The van der Waals surface area contributed by atoms with Crippen molar-refractivity contribution in [1.29, 1.82) is 0 Å². The predicted octanol–water partition coefficient (Wildman–Crippen LogP) is 1.06. The molecule has 4 nitrogen and oxygen atoms in total. The summed E-state index contributed by atoms with van der Waals surface area (Å²) < 4.78 is 0. The smallest absolute Gasteiger partial charge is 0.220 e. The highest BCUT2D eigenvalue weighted by Gasteiger charge is 2.18. The molecule has 0 radical (unpaired) electrons. The number of nitrogens with one attached hydrogen (secondary N) is 1. The van der Waals surface area contributed by atoms with Crippen molar-refractivity contribution in [2.75, 3.05) is 13.2 Å². The molecule has 0 saturated heterocycles. The monoisotopic (exact) mass is 231 g/mol. The second kappa shape index (κ2) is 7.63. The number of aliphatic hydroxyl groups excluding tert-OH is 2. The van der Waals surface area contributed by atoms with E-state index in [0.29, 0.717) is 19.4 Å². The zero-order valence-corrected chi connectivity index (χ0v) is 10.6. The Labute approximate surface area is 98.1 Å². The van der Waals surface area contributed by atoms with Gasteiger partial charge in [-0.1, -0.05) is 13.8 Å². The Bertz CT molecular complexity index is 202. The molecule has 0 bridgehead atoms. The molecular weight excluding hydrogens is 206 g/mol. The summed E-state index contributed by atoms with van der Waals surface area (Å²) >= 11 is 0. The molecule has 1 unspecified atom stereocenters. The minimum Gasteiger partial charge on any atom is -0.396 e. The van der Waals surface area contributed by atoms with E-state index >= 15 is 0 Å². The van der Waals surface area contributed by atoms with Gasteiger partial charge >= 0.3 is 0 Å². The Morgan fingerprint density at radius 3 is 2.56 bits per heavy atom. The van der Waals surface area contributed by atoms with E-state index in [0.717, 1.165) is 12.8 Å². The van der Waals surface area contributed by atoms with Crippen molar-refractivity contribution >= 4 is 5.91 Å². The second-order valence-corrected chi connectivity index (χ2v) is 5.16. The lowest BCUT2D eigenvalue weighted by atomic mass is 9.88. The van der Waals surface area contributed by atoms with Gasteiger partial charge in [0.1, 0.15) is 0 Å². The lowest BCUT2D eigenvalue weighted by molar-refractivity contribution is -0.122. The van der Waals surface area contributed by atoms with Crippen LogP contribution in [-0.2, 0) is 4.79 Å². The van der Waals surface area contributed by atoms with E-state index in [1.807, 2.05) is 0 Å². The number of amides is 1. The molecule has 0 aliphatic carbocycles. The van der Waals surface area contributed by atoms with Gasteiger partial charge in [-0.15, -0.1) is 0 Å². The van der Waals surface area contributed by atoms with Crippen LogP contribution in [0.2, 0.25) is 0 Å². The fourth-order valence-corrected chi connectivity index (χ4v) is 1.41. The van der Waals surface area contributed by atoms with Crippen molar-refractivity contribution in [2.45, 2.75) is 52.6 Å². The highest BCUT2D eigenvalue weighted by molar-refractivity contribution is 5.75. The van der Waals surface area contributed by atoms with Gasteiger partial charge in [0.15, 0.2) is 0 Å². The molecule has 96 valence electrons. The van der Waals surface area contributed by atoms with E-state index in [-0.39, 0.29) is 17.9 Å². The highest BCUT2D eigenvalue weighted by atomic mass is 16.3. The Morgan fingerprint density at radius 1 is 1.44 bits per heavy atom. The normalized spacial score (nSPS) is 13.6. The maximum atomic E-state index is 11.4. The van der Waals surface area contributed by atoms with Gasteiger partial charge in [-0.25, -0.2) is 0 Å². The zero-order valence-electron chi connectivity index (χ0n) is 10.6. The molecular formula is C12H25NO3. The van der Waals surface area contributed by atoms with Crippen molar-refractivity contribution in [3.8, 4) is 0 Å². The minimum atomic E-state index is -0.423. The van der Waals surface area contributed by atoms with E-state index in [1.165, 1.54) is 0 Å². The van der Waals surface area contributed by atoms with Gasteiger partial charge in [-0.3, -0.25) is 4.79 Å². The first kappa shape index (κ1) is 15.4. The lowest BCUT2D eigenvalue weighted by Gasteiger charge is -2.24. The molecule has 16 heavy (non-hydrogen) atoms. The van der Waals surface area contributed by atoms with Crippen LogP contribution >= 0.6 is 0 Å². The predicted molar refractivity (Wildman–Crippen MR) is 64.0 cm³/mol. The first-order valence-electron chi connectivity index (χ1n) is 5.93. The first-order valence-corrected chi connectivity index (χ1v) is 5.93. The van der Waals surface area contributed by atoms with Crippen molar-refractivity contribution in [1.82, 2.24) is 5.32 Å². The van der Waals surface area contributed by atoms with Gasteiger partial charge in [0.25, 0.3) is 0 Å². The number of carbonyl (C=O) groups is 1. The number of carbonyl (C=O) groups excluding carboxylic acids is 1. The molecule has 0 spiro atoms. The quantitative estimate of drug-likeness (QED) is 0.585. The largest absolute Gasteiger partial charge is 0.396 e. The third kappa shape index (κ3) is 8.68. The fraction of sp³-hybridized carbons (Fsp3) is 0.917. The zero-order chi connectivity index (χ0) is 12.6. The van der Waals surface area contributed by atoms with Gasteiger partial charge < -0.3 is 15.5 Å². The third-order valence-electron chi connectivity index (χ3n) is 2.56. The van der Waals surface area contributed by atoms with E-state index in [4.69, 9.17) is 10.2 Å². The minimum absolute atomic E-state index is 0.0158. The summed E-state index contributed by atoms with van der Waals surface area (Å²) in [5.74, 6) is -0.0158. The Kier molecular flexibility index (Phi) is 7.34. The molecule has 0 rings (SSSR count). The van der Waals surface area contributed by atoms with Crippen LogP contribution in [0, 0.1) is 5.41 Å². The Balaban J connectivity index is 3.72. The maximum Gasteiger partial charge on any atom is 0.220 e. The molecule has 0 aromatic rings. The molecule has 0 fully saturated rings. The van der Waals surface area contributed by atoms with E-state index in [1.54, 1.807) is 6.92 Å². The van der Waals surface area contributed by atoms with Crippen LogP contribution in [0.4, 0.5) is 0 Å². The summed E-state index contributed by atoms with van der Waals surface area (Å²) in [5, 5.41) is 20.6. The summed E-state index contributed by atoms with van der Waals surface area (Å²) in [6.45, 7) is 6.62. The molecule has 0 aliphatic rings. The van der Waals surface area contributed by atoms with E-state index in [2.05, 4.69) is 19.2 Å². The van der Waals surface area contributed by atoms with E-state index in [9.17, 15) is 4.79 Å². The van der Waals surface area contributed by atoms with Gasteiger partial charge in [0.05, 0.1) is 6.10 Å². The van der Waals surface area contributed by atoms with Crippen molar-refractivity contribution < 1.29 is 15.0 Å². The first-order chi connectivity index (χ1) is 7.37. The molecule has 0 aliphatic heterocycles. The van der Waals surface area contributed by atoms with Gasteiger partial charge in [0, 0.05) is 19.6 Å². The van der Waals surface area contributed by atoms with Crippen LogP contribution in [0.1, 0.15) is 46.5 Å². The number of aliphatic hydroxyl groups is 2. The summed E-state index contributed by atoms with van der Waals surface area (Å²) in [6.07, 6.45) is 2.10. The molecule has 0 saturated carbocycles. The highest BCUT2D eigenvalue weighted by Crippen LogP contribution is 2.20. The number of hydrogen-bond acceptors (Lipinski definition) is 3.